The van der Waals surface area contributed by atoms with E-state index in [0.717, 1.165) is 18.0 Å². The number of rotatable bonds is 2. The Kier molecular flexibility index (Phi) is 3.09. The normalized spacial score (nSPS) is 41.2. The standard InChI is InChI=1S/C13H26N2/c1-10-7-13(2,3)8-12(10)15-6-5-11(9-15)14-4/h10-12,14H,5-9H2,1-4H3. The molecule has 0 amide bonds. The molecule has 0 aromatic carbocycles. The average molecular weight is 210 g/mol. The SMILES string of the molecule is CNC1CCN(C2CC(C)(C)CC2C)C1. The van der Waals surface area contributed by atoms with Crippen molar-refractivity contribution in [3.63, 3.8) is 0 Å². The van der Waals surface area contributed by atoms with E-state index in [4.69, 9.17) is 0 Å². The molecule has 0 bridgehead atoms. The van der Waals surface area contributed by atoms with Gasteiger partial charge in [-0.1, -0.05) is 20.8 Å². The zero-order chi connectivity index (χ0) is 11.1. The molecule has 1 saturated heterocycles. The Balaban J connectivity index is 1.95. The van der Waals surface area contributed by atoms with E-state index in [0.29, 0.717) is 5.41 Å². The molecule has 0 aromatic rings. The van der Waals surface area contributed by atoms with E-state index >= 15 is 0 Å². The molecule has 2 heteroatoms. The first-order valence-electron chi connectivity index (χ1n) is 6.43. The molecule has 2 rings (SSSR count). The van der Waals surface area contributed by atoms with Crippen molar-refractivity contribution in [3.8, 4) is 0 Å². The lowest BCUT2D eigenvalue weighted by Crippen LogP contribution is -2.38. The van der Waals surface area contributed by atoms with Gasteiger partial charge < -0.3 is 5.32 Å². The van der Waals surface area contributed by atoms with Crippen molar-refractivity contribution in [2.75, 3.05) is 20.1 Å². The minimum absolute atomic E-state index is 0.571. The summed E-state index contributed by atoms with van der Waals surface area (Å²) < 4.78 is 0. The fourth-order valence-electron chi connectivity index (χ4n) is 3.67. The van der Waals surface area contributed by atoms with Crippen LogP contribution in [-0.2, 0) is 0 Å². The monoisotopic (exact) mass is 210 g/mol. The summed E-state index contributed by atoms with van der Waals surface area (Å²) in [5, 5.41) is 3.41. The zero-order valence-electron chi connectivity index (χ0n) is 10.7. The molecule has 0 radical (unpaired) electrons. The van der Waals surface area contributed by atoms with Crippen LogP contribution in [0, 0.1) is 11.3 Å². The van der Waals surface area contributed by atoms with E-state index in [1.807, 2.05) is 0 Å². The van der Waals surface area contributed by atoms with Gasteiger partial charge in [0.25, 0.3) is 0 Å². The molecule has 15 heavy (non-hydrogen) atoms. The van der Waals surface area contributed by atoms with E-state index in [-0.39, 0.29) is 0 Å². The highest BCUT2D eigenvalue weighted by atomic mass is 15.2. The van der Waals surface area contributed by atoms with Crippen LogP contribution in [0.5, 0.6) is 0 Å². The third-order valence-electron chi connectivity index (χ3n) is 4.39. The lowest BCUT2D eigenvalue weighted by molar-refractivity contribution is 0.196. The predicted octanol–water partition coefficient (Wildman–Crippen LogP) is 2.10. The number of nitrogens with one attached hydrogen (secondary N) is 1. The smallest absolute Gasteiger partial charge is 0.0204 e. The summed E-state index contributed by atoms with van der Waals surface area (Å²) in [7, 11) is 2.09. The van der Waals surface area contributed by atoms with Crippen molar-refractivity contribution < 1.29 is 0 Å². The molecule has 2 aliphatic rings. The van der Waals surface area contributed by atoms with Crippen molar-refractivity contribution in [2.45, 2.75) is 52.1 Å². The summed E-state index contributed by atoms with van der Waals surface area (Å²) in [4.78, 5) is 2.72. The highest BCUT2D eigenvalue weighted by molar-refractivity contribution is 4.95. The Morgan fingerprint density at radius 3 is 2.47 bits per heavy atom. The highest BCUT2D eigenvalue weighted by Gasteiger charge is 2.41. The molecule has 1 aliphatic heterocycles. The molecule has 1 N–H and O–H groups in total. The van der Waals surface area contributed by atoms with Crippen LogP contribution in [0.3, 0.4) is 0 Å². The van der Waals surface area contributed by atoms with Gasteiger partial charge in [0.05, 0.1) is 0 Å². The Bertz CT molecular complexity index is 225. The van der Waals surface area contributed by atoms with E-state index in [1.165, 1.54) is 32.4 Å². The summed E-state index contributed by atoms with van der Waals surface area (Å²) >= 11 is 0. The van der Waals surface area contributed by atoms with Gasteiger partial charge in [-0.2, -0.15) is 0 Å². The molecule has 88 valence electrons. The molecule has 0 spiro atoms. The minimum atomic E-state index is 0.571. The minimum Gasteiger partial charge on any atom is -0.316 e. The molecular formula is C13H26N2. The molecule has 3 atom stereocenters. The van der Waals surface area contributed by atoms with Gasteiger partial charge >= 0.3 is 0 Å². The van der Waals surface area contributed by atoms with Crippen LogP contribution >= 0.6 is 0 Å². The summed E-state index contributed by atoms with van der Waals surface area (Å²) in [6, 6.07) is 1.58. The van der Waals surface area contributed by atoms with Gasteiger partial charge in [0.15, 0.2) is 0 Å². The number of hydrogen-bond acceptors (Lipinski definition) is 2. The van der Waals surface area contributed by atoms with Crippen molar-refractivity contribution in [3.05, 3.63) is 0 Å². The lowest BCUT2D eigenvalue weighted by atomic mass is 9.91. The zero-order valence-corrected chi connectivity index (χ0v) is 10.7. The van der Waals surface area contributed by atoms with Crippen molar-refractivity contribution in [2.24, 2.45) is 11.3 Å². The molecule has 1 aliphatic carbocycles. The Morgan fingerprint density at radius 1 is 1.27 bits per heavy atom. The van der Waals surface area contributed by atoms with Gasteiger partial charge in [-0.25, -0.2) is 0 Å². The average Bonchev–Trinajstić information content (AvgIpc) is 2.69. The molecule has 1 saturated carbocycles. The number of nitrogens with zero attached hydrogens (tertiary/aromatic N) is 1. The van der Waals surface area contributed by atoms with Crippen molar-refractivity contribution >= 4 is 0 Å². The number of likely N-dealkylation sites (N-methyl/N-ethyl adjacent to an activating group) is 1. The van der Waals surface area contributed by atoms with E-state index in [9.17, 15) is 0 Å². The number of likely N-dealkylation sites (tertiary alicyclic amines) is 1. The van der Waals surface area contributed by atoms with Gasteiger partial charge in [-0.15, -0.1) is 0 Å². The van der Waals surface area contributed by atoms with Crippen molar-refractivity contribution in [1.29, 1.82) is 0 Å². The van der Waals surface area contributed by atoms with Crippen LogP contribution in [0.4, 0.5) is 0 Å². The first-order chi connectivity index (χ1) is 7.02. The summed E-state index contributed by atoms with van der Waals surface area (Å²) in [5.74, 6) is 0.885. The fraction of sp³-hybridized carbons (Fsp3) is 1.00. The first kappa shape index (κ1) is 11.4. The van der Waals surface area contributed by atoms with Crippen molar-refractivity contribution in [1.82, 2.24) is 10.2 Å². The maximum absolute atomic E-state index is 3.41. The highest BCUT2D eigenvalue weighted by Crippen LogP contribution is 2.43. The van der Waals surface area contributed by atoms with Crippen LogP contribution in [0.2, 0.25) is 0 Å². The van der Waals surface area contributed by atoms with Crippen LogP contribution < -0.4 is 5.32 Å². The number of hydrogen-bond donors (Lipinski definition) is 1. The Morgan fingerprint density at radius 2 is 2.00 bits per heavy atom. The van der Waals surface area contributed by atoms with E-state index in [2.05, 4.69) is 38.0 Å². The van der Waals surface area contributed by atoms with Gasteiger partial charge in [0.2, 0.25) is 0 Å². The summed E-state index contributed by atoms with van der Waals surface area (Å²) in [6.45, 7) is 9.86. The summed E-state index contributed by atoms with van der Waals surface area (Å²) in [5.41, 5.74) is 0.571. The predicted molar refractivity (Wildman–Crippen MR) is 65.0 cm³/mol. The second-order valence-electron chi connectivity index (χ2n) is 6.39. The van der Waals surface area contributed by atoms with Crippen LogP contribution in [0.25, 0.3) is 0 Å². The lowest BCUT2D eigenvalue weighted by Gasteiger charge is -2.28. The van der Waals surface area contributed by atoms with E-state index < -0.39 is 0 Å². The Labute approximate surface area is 94.4 Å². The van der Waals surface area contributed by atoms with Crippen LogP contribution in [0.1, 0.15) is 40.0 Å². The second-order valence-corrected chi connectivity index (χ2v) is 6.39. The van der Waals surface area contributed by atoms with Gasteiger partial charge in [-0.3, -0.25) is 4.90 Å². The maximum atomic E-state index is 3.41. The van der Waals surface area contributed by atoms with Gasteiger partial charge in [0, 0.05) is 25.2 Å². The topological polar surface area (TPSA) is 15.3 Å². The van der Waals surface area contributed by atoms with Gasteiger partial charge in [-0.05, 0) is 37.6 Å². The molecule has 3 unspecified atom stereocenters. The second kappa shape index (κ2) is 4.06. The molecule has 1 heterocycles. The molecule has 2 nitrogen and oxygen atoms in total. The van der Waals surface area contributed by atoms with Crippen LogP contribution in [-0.4, -0.2) is 37.1 Å². The maximum Gasteiger partial charge on any atom is 0.0204 e. The Hall–Kier alpha value is -0.0800. The third-order valence-corrected chi connectivity index (χ3v) is 4.39. The van der Waals surface area contributed by atoms with Crippen LogP contribution in [0.15, 0.2) is 0 Å². The molecular weight excluding hydrogens is 184 g/mol. The summed E-state index contributed by atoms with van der Waals surface area (Å²) in [6.07, 6.45) is 4.13. The largest absolute Gasteiger partial charge is 0.316 e. The first-order valence-corrected chi connectivity index (χ1v) is 6.43. The van der Waals surface area contributed by atoms with Gasteiger partial charge in [0.1, 0.15) is 0 Å². The van der Waals surface area contributed by atoms with E-state index in [1.54, 1.807) is 0 Å². The molecule has 0 aromatic heterocycles. The fourth-order valence-corrected chi connectivity index (χ4v) is 3.67. The quantitative estimate of drug-likeness (QED) is 0.751. The molecule has 2 fully saturated rings. The third kappa shape index (κ3) is 2.36.